The zero-order chi connectivity index (χ0) is 15.8. The topological polar surface area (TPSA) is 72.9 Å². The molecule has 21 heavy (non-hydrogen) atoms. The minimum Gasteiger partial charge on any atom is -0.481 e. The summed E-state index contributed by atoms with van der Waals surface area (Å²) in [4.78, 5) is 27.1. The third-order valence-electron chi connectivity index (χ3n) is 3.82. The van der Waals surface area contributed by atoms with Crippen molar-refractivity contribution in [3.63, 3.8) is 0 Å². The lowest BCUT2D eigenvalue weighted by molar-refractivity contribution is -0.138. The Kier molecular flexibility index (Phi) is 7.50. The van der Waals surface area contributed by atoms with Crippen LogP contribution in [0.2, 0.25) is 0 Å². The Morgan fingerprint density at radius 2 is 1.90 bits per heavy atom. The van der Waals surface area contributed by atoms with Crippen molar-refractivity contribution >= 4 is 12.0 Å². The highest BCUT2D eigenvalue weighted by atomic mass is 16.4. The van der Waals surface area contributed by atoms with E-state index in [2.05, 4.69) is 31.1 Å². The molecule has 0 aromatic carbocycles. The van der Waals surface area contributed by atoms with Crippen molar-refractivity contribution in [2.75, 3.05) is 39.8 Å². The second kappa shape index (κ2) is 8.87. The van der Waals surface area contributed by atoms with E-state index in [1.807, 2.05) is 4.90 Å². The molecule has 0 aromatic rings. The second-order valence-corrected chi connectivity index (χ2v) is 6.42. The van der Waals surface area contributed by atoms with Gasteiger partial charge in [-0.05, 0) is 38.3 Å². The van der Waals surface area contributed by atoms with Gasteiger partial charge >= 0.3 is 12.0 Å². The Morgan fingerprint density at radius 3 is 2.52 bits per heavy atom. The van der Waals surface area contributed by atoms with Gasteiger partial charge in [-0.1, -0.05) is 13.8 Å². The average Bonchev–Trinajstić information content (AvgIpc) is 2.59. The van der Waals surface area contributed by atoms with E-state index in [9.17, 15) is 9.59 Å². The maximum Gasteiger partial charge on any atom is 0.317 e. The van der Waals surface area contributed by atoms with E-state index in [4.69, 9.17) is 5.11 Å². The van der Waals surface area contributed by atoms with Gasteiger partial charge in [0.1, 0.15) is 0 Å². The molecule has 1 fully saturated rings. The number of carboxylic acid groups (broad SMARTS) is 1. The number of carbonyl (C=O) groups excluding carboxylic acids is 1. The number of aliphatic carboxylic acids is 1. The van der Waals surface area contributed by atoms with Gasteiger partial charge in [0, 0.05) is 32.6 Å². The van der Waals surface area contributed by atoms with E-state index in [0.29, 0.717) is 12.5 Å². The Bertz CT molecular complexity index is 347. The normalized spacial score (nSPS) is 18.4. The third kappa shape index (κ3) is 7.32. The number of amides is 2. The first kappa shape index (κ1) is 17.8. The molecule has 1 rings (SSSR count). The molecule has 1 atom stereocenters. The van der Waals surface area contributed by atoms with Crippen LogP contribution in [-0.2, 0) is 4.79 Å². The third-order valence-corrected chi connectivity index (χ3v) is 3.82. The Labute approximate surface area is 127 Å². The number of nitrogens with one attached hydrogen (secondary N) is 1. The fourth-order valence-corrected chi connectivity index (χ4v) is 2.75. The molecular weight excluding hydrogens is 270 g/mol. The molecule has 6 nitrogen and oxygen atoms in total. The lowest BCUT2D eigenvalue weighted by Crippen LogP contribution is -2.43. The van der Waals surface area contributed by atoms with Crippen LogP contribution >= 0.6 is 0 Å². The minimum atomic E-state index is -0.800. The van der Waals surface area contributed by atoms with Gasteiger partial charge in [0.25, 0.3) is 0 Å². The molecule has 1 aliphatic rings. The Balaban J connectivity index is 2.42. The van der Waals surface area contributed by atoms with Crippen LogP contribution in [0.3, 0.4) is 0 Å². The van der Waals surface area contributed by atoms with Gasteiger partial charge < -0.3 is 20.2 Å². The molecular formula is C15H29N3O3. The van der Waals surface area contributed by atoms with Crippen LogP contribution in [0.4, 0.5) is 4.79 Å². The molecule has 122 valence electrons. The van der Waals surface area contributed by atoms with Crippen molar-refractivity contribution in [1.82, 2.24) is 15.1 Å². The molecule has 0 radical (unpaired) electrons. The van der Waals surface area contributed by atoms with Crippen LogP contribution in [0.15, 0.2) is 0 Å². The van der Waals surface area contributed by atoms with Crippen molar-refractivity contribution in [1.29, 1.82) is 0 Å². The van der Waals surface area contributed by atoms with E-state index in [1.54, 1.807) is 0 Å². The molecule has 0 bridgehead atoms. The number of carbonyl (C=O) groups is 2. The van der Waals surface area contributed by atoms with Crippen molar-refractivity contribution in [2.24, 2.45) is 11.8 Å². The Morgan fingerprint density at radius 1 is 1.19 bits per heavy atom. The van der Waals surface area contributed by atoms with Gasteiger partial charge in [-0.3, -0.25) is 4.79 Å². The molecule has 0 aromatic heterocycles. The van der Waals surface area contributed by atoms with Crippen LogP contribution in [0.25, 0.3) is 0 Å². The molecule has 6 heteroatoms. The molecule has 0 aliphatic carbocycles. The number of carboxylic acids is 1. The summed E-state index contributed by atoms with van der Waals surface area (Å²) in [6, 6.07) is -0.0653. The number of urea groups is 1. The summed E-state index contributed by atoms with van der Waals surface area (Å²) >= 11 is 0. The molecule has 2 N–H and O–H groups in total. The van der Waals surface area contributed by atoms with E-state index < -0.39 is 5.97 Å². The van der Waals surface area contributed by atoms with E-state index >= 15 is 0 Å². The smallest absolute Gasteiger partial charge is 0.317 e. The monoisotopic (exact) mass is 299 g/mol. The quantitative estimate of drug-likeness (QED) is 0.779. The zero-order valence-electron chi connectivity index (χ0n) is 13.5. The first-order valence-electron chi connectivity index (χ1n) is 7.81. The molecule has 1 aliphatic heterocycles. The summed E-state index contributed by atoms with van der Waals surface area (Å²) in [5.41, 5.74) is 0. The highest BCUT2D eigenvalue weighted by molar-refractivity contribution is 5.74. The number of hydrogen-bond acceptors (Lipinski definition) is 3. The van der Waals surface area contributed by atoms with Crippen molar-refractivity contribution in [3.05, 3.63) is 0 Å². The van der Waals surface area contributed by atoms with Gasteiger partial charge in [-0.2, -0.15) is 0 Å². The van der Waals surface area contributed by atoms with Crippen molar-refractivity contribution in [2.45, 2.75) is 33.1 Å². The van der Waals surface area contributed by atoms with Crippen LogP contribution in [0.5, 0.6) is 0 Å². The summed E-state index contributed by atoms with van der Waals surface area (Å²) in [6.45, 7) is 7.98. The lowest BCUT2D eigenvalue weighted by Gasteiger charge is -2.23. The van der Waals surface area contributed by atoms with Crippen LogP contribution in [0, 0.1) is 11.8 Å². The van der Waals surface area contributed by atoms with Gasteiger partial charge in [0.15, 0.2) is 0 Å². The maximum absolute atomic E-state index is 12.2. The molecule has 1 heterocycles. The van der Waals surface area contributed by atoms with E-state index in [0.717, 1.165) is 39.0 Å². The van der Waals surface area contributed by atoms with Gasteiger partial charge in [0.2, 0.25) is 0 Å². The van der Waals surface area contributed by atoms with Gasteiger partial charge in [-0.25, -0.2) is 4.79 Å². The highest BCUT2D eigenvalue weighted by Crippen LogP contribution is 2.15. The number of rotatable bonds is 6. The molecule has 1 saturated heterocycles. The second-order valence-electron chi connectivity index (χ2n) is 6.42. The molecule has 0 saturated carbocycles. The predicted octanol–water partition coefficient (Wildman–Crippen LogP) is 1.47. The average molecular weight is 299 g/mol. The molecule has 0 spiro atoms. The van der Waals surface area contributed by atoms with Crippen molar-refractivity contribution < 1.29 is 14.7 Å². The Hall–Kier alpha value is -1.30. The standard InChI is InChI=1S/C15H29N3O3/c1-12(2)9-13(10-14(19)20)11-16-15(21)18-6-4-5-17(3)7-8-18/h12-13H,4-11H2,1-3H3,(H,16,21)(H,19,20)/t13-/m0/s1. The number of hydrogen-bond donors (Lipinski definition) is 2. The summed E-state index contributed by atoms with van der Waals surface area (Å²) in [5.74, 6) is -0.370. The van der Waals surface area contributed by atoms with Gasteiger partial charge in [0.05, 0.1) is 0 Å². The van der Waals surface area contributed by atoms with Crippen molar-refractivity contribution in [3.8, 4) is 0 Å². The van der Waals surface area contributed by atoms with Crippen LogP contribution in [-0.4, -0.2) is 66.7 Å². The largest absolute Gasteiger partial charge is 0.481 e. The summed E-state index contributed by atoms with van der Waals surface area (Å²) < 4.78 is 0. The van der Waals surface area contributed by atoms with Gasteiger partial charge in [-0.15, -0.1) is 0 Å². The SMILES string of the molecule is CC(C)C[C@H](CNC(=O)N1CCCN(C)CC1)CC(=O)O. The summed E-state index contributed by atoms with van der Waals surface area (Å²) in [5, 5.41) is 11.9. The number of likely N-dealkylation sites (N-methyl/N-ethyl adjacent to an activating group) is 1. The fourth-order valence-electron chi connectivity index (χ4n) is 2.75. The molecule has 2 amide bonds. The van der Waals surface area contributed by atoms with Crippen LogP contribution < -0.4 is 5.32 Å². The first-order valence-corrected chi connectivity index (χ1v) is 7.81. The van der Waals surface area contributed by atoms with Crippen LogP contribution in [0.1, 0.15) is 33.1 Å². The summed E-state index contributed by atoms with van der Waals surface area (Å²) in [7, 11) is 2.06. The first-order chi connectivity index (χ1) is 9.88. The highest BCUT2D eigenvalue weighted by Gasteiger charge is 2.20. The molecule has 0 unspecified atom stereocenters. The van der Waals surface area contributed by atoms with E-state index in [1.165, 1.54) is 0 Å². The lowest BCUT2D eigenvalue weighted by atomic mass is 9.94. The zero-order valence-corrected chi connectivity index (χ0v) is 13.5. The fraction of sp³-hybridized carbons (Fsp3) is 0.867. The van der Waals surface area contributed by atoms with E-state index in [-0.39, 0.29) is 18.4 Å². The minimum absolute atomic E-state index is 0.00102. The number of nitrogens with zero attached hydrogens (tertiary/aromatic N) is 2. The predicted molar refractivity (Wildman–Crippen MR) is 82.3 cm³/mol. The summed E-state index contributed by atoms with van der Waals surface area (Å²) in [6.07, 6.45) is 1.91. The maximum atomic E-state index is 12.2.